The van der Waals surface area contributed by atoms with Crippen LogP contribution in [0.3, 0.4) is 0 Å². The number of aromatic nitrogens is 2. The summed E-state index contributed by atoms with van der Waals surface area (Å²) >= 11 is 5.90. The van der Waals surface area contributed by atoms with Crippen molar-refractivity contribution in [3.05, 3.63) is 81.1 Å². The highest BCUT2D eigenvalue weighted by atomic mass is 35.5. The largest absolute Gasteiger partial charge is 0.510 e. The average Bonchev–Trinajstić information content (AvgIpc) is 2.90. The molecule has 0 saturated heterocycles. The fraction of sp³-hybridized carbons (Fsp3) is 0.105. The first-order valence-electron chi connectivity index (χ1n) is 8.03. The summed E-state index contributed by atoms with van der Waals surface area (Å²) in [5.74, 6) is 0.341. The van der Waals surface area contributed by atoms with Gasteiger partial charge in [-0.2, -0.15) is 0 Å². The number of para-hydroxylation sites is 1. The van der Waals surface area contributed by atoms with Crippen molar-refractivity contribution in [3.8, 4) is 0 Å². The summed E-state index contributed by atoms with van der Waals surface area (Å²) < 4.78 is 0. The smallest absolute Gasteiger partial charge is 0.259 e. The maximum absolute atomic E-state index is 12.3. The third-order valence-electron chi connectivity index (χ3n) is 4.32. The van der Waals surface area contributed by atoms with Crippen molar-refractivity contribution in [1.29, 1.82) is 5.41 Å². The van der Waals surface area contributed by atoms with Gasteiger partial charge in [0.1, 0.15) is 17.4 Å². The van der Waals surface area contributed by atoms with Crippen LogP contribution in [0.1, 0.15) is 11.4 Å². The van der Waals surface area contributed by atoms with Crippen LogP contribution in [0.15, 0.2) is 59.1 Å². The normalized spacial score (nSPS) is 14.5. The zero-order chi connectivity index (χ0) is 18.3. The van der Waals surface area contributed by atoms with Crippen LogP contribution in [0.5, 0.6) is 0 Å². The van der Waals surface area contributed by atoms with Crippen molar-refractivity contribution < 1.29 is 5.11 Å². The van der Waals surface area contributed by atoms with Crippen molar-refractivity contribution in [1.82, 2.24) is 14.9 Å². The van der Waals surface area contributed by atoms with Gasteiger partial charge in [0.15, 0.2) is 0 Å². The summed E-state index contributed by atoms with van der Waals surface area (Å²) in [6, 6.07) is 14.3. The SMILES string of the molecule is N=C1C(c2nc3ccccc3c(=O)[nH]2)=C(O)CN1Cc1ccc(Cl)cc1. The third-order valence-corrected chi connectivity index (χ3v) is 4.57. The monoisotopic (exact) mass is 366 g/mol. The summed E-state index contributed by atoms with van der Waals surface area (Å²) in [5, 5.41) is 19.9. The Morgan fingerprint density at radius 3 is 2.69 bits per heavy atom. The number of rotatable bonds is 3. The maximum atomic E-state index is 12.3. The summed E-state index contributed by atoms with van der Waals surface area (Å²) in [6.45, 7) is 0.634. The molecule has 0 atom stereocenters. The van der Waals surface area contributed by atoms with Gasteiger partial charge in [0, 0.05) is 11.6 Å². The van der Waals surface area contributed by atoms with E-state index in [0.717, 1.165) is 5.56 Å². The number of nitrogens with one attached hydrogen (secondary N) is 2. The van der Waals surface area contributed by atoms with E-state index < -0.39 is 0 Å². The Balaban J connectivity index is 1.67. The Labute approximate surface area is 153 Å². The lowest BCUT2D eigenvalue weighted by Crippen LogP contribution is -2.26. The summed E-state index contributed by atoms with van der Waals surface area (Å²) in [5.41, 5.74) is 1.44. The second-order valence-electron chi connectivity index (χ2n) is 6.08. The van der Waals surface area contributed by atoms with Crippen molar-refractivity contribution in [3.63, 3.8) is 0 Å². The van der Waals surface area contributed by atoms with Crippen LogP contribution in [0.4, 0.5) is 0 Å². The van der Waals surface area contributed by atoms with E-state index in [4.69, 9.17) is 17.0 Å². The molecule has 7 heteroatoms. The number of fused-ring (bicyclic) bond motifs is 1. The lowest BCUT2D eigenvalue weighted by molar-refractivity contribution is 0.347. The van der Waals surface area contributed by atoms with Gasteiger partial charge in [0.05, 0.1) is 23.0 Å². The molecule has 1 aromatic heterocycles. The summed E-state index contributed by atoms with van der Waals surface area (Å²) in [4.78, 5) is 21.1. The zero-order valence-electron chi connectivity index (χ0n) is 13.7. The molecule has 0 radical (unpaired) electrons. The molecular weight excluding hydrogens is 352 g/mol. The molecule has 4 rings (SSSR count). The first-order chi connectivity index (χ1) is 12.5. The number of aliphatic hydroxyl groups excluding tert-OH is 1. The Hall–Kier alpha value is -3.12. The van der Waals surface area contributed by atoms with Crippen molar-refractivity contribution >= 4 is 33.9 Å². The topological polar surface area (TPSA) is 93.1 Å². The minimum absolute atomic E-state index is 0.0161. The maximum Gasteiger partial charge on any atom is 0.259 e. The molecule has 2 aromatic carbocycles. The van der Waals surface area contributed by atoms with Crippen molar-refractivity contribution in [2.75, 3.05) is 6.54 Å². The van der Waals surface area contributed by atoms with Gasteiger partial charge in [-0.25, -0.2) is 4.98 Å². The molecule has 26 heavy (non-hydrogen) atoms. The molecule has 1 aliphatic rings. The van der Waals surface area contributed by atoms with Gasteiger partial charge in [-0.1, -0.05) is 35.9 Å². The molecule has 0 fully saturated rings. The number of benzene rings is 2. The molecule has 0 bridgehead atoms. The Kier molecular flexibility index (Phi) is 3.97. The quantitative estimate of drug-likeness (QED) is 0.662. The molecule has 6 nitrogen and oxygen atoms in total. The molecule has 1 aliphatic heterocycles. The second kappa shape index (κ2) is 6.31. The fourth-order valence-electron chi connectivity index (χ4n) is 3.03. The predicted molar refractivity (Wildman–Crippen MR) is 102 cm³/mol. The van der Waals surface area contributed by atoms with Crippen LogP contribution < -0.4 is 5.56 Å². The Morgan fingerprint density at radius 1 is 1.19 bits per heavy atom. The average molecular weight is 367 g/mol. The molecule has 0 amide bonds. The van der Waals surface area contributed by atoms with E-state index in [9.17, 15) is 9.90 Å². The van der Waals surface area contributed by atoms with Gasteiger partial charge in [0.2, 0.25) is 0 Å². The van der Waals surface area contributed by atoms with E-state index in [2.05, 4.69) is 9.97 Å². The highest BCUT2D eigenvalue weighted by molar-refractivity contribution is 6.30. The minimum Gasteiger partial charge on any atom is -0.510 e. The van der Waals surface area contributed by atoms with Crippen LogP contribution in [0.2, 0.25) is 5.02 Å². The van der Waals surface area contributed by atoms with Crippen LogP contribution in [-0.4, -0.2) is 32.4 Å². The van der Waals surface area contributed by atoms with Crippen molar-refractivity contribution in [2.24, 2.45) is 0 Å². The Bertz CT molecular complexity index is 1100. The van der Waals surface area contributed by atoms with Crippen LogP contribution in [-0.2, 0) is 6.54 Å². The number of amidine groups is 1. The van der Waals surface area contributed by atoms with Gasteiger partial charge in [-0.15, -0.1) is 0 Å². The first kappa shape index (κ1) is 16.4. The van der Waals surface area contributed by atoms with Gasteiger partial charge in [0.25, 0.3) is 5.56 Å². The third kappa shape index (κ3) is 2.84. The van der Waals surface area contributed by atoms with Crippen LogP contribution >= 0.6 is 11.6 Å². The second-order valence-corrected chi connectivity index (χ2v) is 6.52. The molecule has 2 heterocycles. The number of aromatic amines is 1. The first-order valence-corrected chi connectivity index (χ1v) is 8.40. The summed E-state index contributed by atoms with van der Waals surface area (Å²) in [7, 11) is 0. The fourth-order valence-corrected chi connectivity index (χ4v) is 3.16. The highest BCUT2D eigenvalue weighted by Gasteiger charge is 2.30. The molecule has 130 valence electrons. The standard InChI is InChI=1S/C19H15ClN4O2/c20-12-7-5-11(6-8-12)9-24-10-15(25)16(17(24)21)18-22-14-4-2-1-3-13(14)19(26)23-18/h1-8,21,25H,9-10H2,(H,22,23,26). The highest BCUT2D eigenvalue weighted by Crippen LogP contribution is 2.26. The van der Waals surface area contributed by atoms with E-state index in [0.29, 0.717) is 22.5 Å². The lowest BCUT2D eigenvalue weighted by Gasteiger charge is -2.18. The zero-order valence-corrected chi connectivity index (χ0v) is 14.4. The van der Waals surface area contributed by atoms with Crippen LogP contribution in [0.25, 0.3) is 16.5 Å². The van der Waals surface area contributed by atoms with Gasteiger partial charge in [-0.05, 0) is 29.8 Å². The minimum atomic E-state index is -0.296. The van der Waals surface area contributed by atoms with E-state index in [1.807, 2.05) is 12.1 Å². The Morgan fingerprint density at radius 2 is 1.92 bits per heavy atom. The number of hydrogen-bond acceptors (Lipinski definition) is 4. The molecular formula is C19H15ClN4O2. The van der Waals surface area contributed by atoms with E-state index in [1.54, 1.807) is 41.3 Å². The number of H-pyrrole nitrogens is 1. The number of nitrogens with zero attached hydrogens (tertiary/aromatic N) is 2. The van der Waals surface area contributed by atoms with Crippen molar-refractivity contribution in [2.45, 2.75) is 6.54 Å². The molecule has 3 N–H and O–H groups in total. The molecule has 0 aliphatic carbocycles. The van der Waals surface area contributed by atoms with Crippen LogP contribution in [0, 0.1) is 5.41 Å². The molecule has 3 aromatic rings. The van der Waals surface area contributed by atoms with E-state index in [-0.39, 0.29) is 35.1 Å². The molecule has 0 spiro atoms. The summed E-state index contributed by atoms with van der Waals surface area (Å²) in [6.07, 6.45) is 0. The number of hydrogen-bond donors (Lipinski definition) is 3. The van der Waals surface area contributed by atoms with E-state index in [1.165, 1.54) is 0 Å². The number of halogens is 1. The number of aliphatic hydroxyl groups is 1. The van der Waals surface area contributed by atoms with Gasteiger partial charge < -0.3 is 15.0 Å². The van der Waals surface area contributed by atoms with Gasteiger partial charge >= 0.3 is 0 Å². The van der Waals surface area contributed by atoms with E-state index >= 15 is 0 Å². The lowest BCUT2D eigenvalue weighted by atomic mass is 10.2. The van der Waals surface area contributed by atoms with Gasteiger partial charge in [-0.3, -0.25) is 10.2 Å². The molecule has 0 saturated carbocycles. The molecule has 0 unspecified atom stereocenters. The predicted octanol–water partition coefficient (Wildman–Crippen LogP) is 3.34.